The number of nitrogen functional groups attached to an aromatic ring is 1. The number of nitrogens with zero attached hydrogens (tertiary/aromatic N) is 2. The second-order valence-electron chi connectivity index (χ2n) is 6.72. The van der Waals surface area contributed by atoms with Crippen LogP contribution in [0.1, 0.15) is 33.6 Å². The van der Waals surface area contributed by atoms with E-state index in [9.17, 15) is 14.7 Å². The summed E-state index contributed by atoms with van der Waals surface area (Å²) in [4.78, 5) is 28.9. The van der Waals surface area contributed by atoms with Gasteiger partial charge in [-0.1, -0.05) is 24.1 Å². The van der Waals surface area contributed by atoms with Gasteiger partial charge >= 0.3 is 5.97 Å². The number of carboxylic acids is 1. The van der Waals surface area contributed by atoms with E-state index in [0.717, 1.165) is 5.56 Å². The largest absolute Gasteiger partial charge is 0.477 e. The van der Waals surface area contributed by atoms with Crippen LogP contribution >= 0.6 is 0 Å². The lowest BCUT2D eigenvalue weighted by Gasteiger charge is -2.11. The average Bonchev–Trinajstić information content (AvgIpc) is 3.02. The Bertz CT molecular complexity index is 1270. The van der Waals surface area contributed by atoms with Gasteiger partial charge in [0.2, 0.25) is 0 Å². The van der Waals surface area contributed by atoms with E-state index in [0.29, 0.717) is 33.4 Å². The third-order valence-corrected chi connectivity index (χ3v) is 4.89. The smallest absolute Gasteiger partial charge is 0.353 e. The van der Waals surface area contributed by atoms with E-state index in [4.69, 9.17) is 12.2 Å². The molecular formula is C23H17N3O3. The second kappa shape index (κ2) is 7.13. The zero-order chi connectivity index (χ0) is 20.5. The Labute approximate surface area is 167 Å². The molecule has 1 aliphatic carbocycles. The van der Waals surface area contributed by atoms with Crippen LogP contribution in [0, 0.1) is 12.3 Å². The van der Waals surface area contributed by atoms with Crippen molar-refractivity contribution < 1.29 is 14.7 Å². The summed E-state index contributed by atoms with van der Waals surface area (Å²) in [6.45, 7) is 0.261. The van der Waals surface area contributed by atoms with Crippen molar-refractivity contribution in [2.75, 3.05) is 5.73 Å². The fourth-order valence-corrected chi connectivity index (χ4v) is 3.64. The Balaban J connectivity index is 2.05. The molecule has 142 valence electrons. The van der Waals surface area contributed by atoms with Gasteiger partial charge in [-0.05, 0) is 35.9 Å². The minimum Gasteiger partial charge on any atom is -0.477 e. The number of hydrogen-bond acceptors (Lipinski definition) is 4. The molecule has 3 aromatic rings. The van der Waals surface area contributed by atoms with E-state index in [1.54, 1.807) is 59.3 Å². The summed E-state index contributed by atoms with van der Waals surface area (Å²) >= 11 is 0. The molecule has 6 nitrogen and oxygen atoms in total. The second-order valence-corrected chi connectivity index (χ2v) is 6.72. The van der Waals surface area contributed by atoms with Crippen molar-refractivity contribution in [3.63, 3.8) is 0 Å². The number of allylic oxidation sites excluding steroid dienone is 4. The number of aromatic carboxylic acids is 1. The number of terminal acetylenes is 1. The van der Waals surface area contributed by atoms with Crippen LogP contribution in [0.4, 0.5) is 5.82 Å². The van der Waals surface area contributed by atoms with Crippen molar-refractivity contribution in [1.29, 1.82) is 0 Å². The van der Waals surface area contributed by atoms with Gasteiger partial charge in [-0.25, -0.2) is 9.78 Å². The molecule has 0 spiro atoms. The van der Waals surface area contributed by atoms with E-state index in [1.807, 2.05) is 0 Å². The van der Waals surface area contributed by atoms with Crippen LogP contribution in [-0.4, -0.2) is 26.4 Å². The van der Waals surface area contributed by atoms with Crippen molar-refractivity contribution in [1.82, 2.24) is 9.55 Å². The van der Waals surface area contributed by atoms with Crippen LogP contribution in [-0.2, 0) is 11.3 Å². The van der Waals surface area contributed by atoms with E-state index >= 15 is 0 Å². The molecule has 0 unspecified atom stereocenters. The number of carboxylic acid groups (broad SMARTS) is 1. The van der Waals surface area contributed by atoms with E-state index in [1.165, 1.54) is 0 Å². The van der Waals surface area contributed by atoms with E-state index < -0.39 is 5.97 Å². The monoisotopic (exact) mass is 383 g/mol. The number of aromatic nitrogens is 2. The summed E-state index contributed by atoms with van der Waals surface area (Å²) in [6.07, 6.45) is 12.5. The van der Waals surface area contributed by atoms with Crippen molar-refractivity contribution >= 4 is 34.0 Å². The third kappa shape index (κ3) is 3.19. The minimum absolute atomic E-state index is 0.0412. The standard InChI is InChI=1S/C23H17N3O3/c1-2-14-7-8-18-17(11-14)21(16-5-3-4-6-19(16)27)22(23(28)29)26(18)13-15-9-10-25-20(24)12-15/h1,3-5,7-12H,6,13H2,(H2,24,25)(H,28,29). The Hall–Kier alpha value is -4.11. The normalized spacial score (nSPS) is 13.3. The predicted molar refractivity (Wildman–Crippen MR) is 111 cm³/mol. The van der Waals surface area contributed by atoms with Gasteiger partial charge in [0.25, 0.3) is 0 Å². The van der Waals surface area contributed by atoms with Crippen LogP contribution in [0.15, 0.2) is 54.8 Å². The molecule has 2 aromatic heterocycles. The summed E-state index contributed by atoms with van der Waals surface area (Å²) in [5.74, 6) is 1.67. The number of pyridine rings is 1. The van der Waals surface area contributed by atoms with Gasteiger partial charge in [-0.2, -0.15) is 0 Å². The minimum atomic E-state index is -1.12. The maximum Gasteiger partial charge on any atom is 0.353 e. The first-order valence-corrected chi connectivity index (χ1v) is 8.96. The number of hydrogen-bond donors (Lipinski definition) is 2. The molecule has 0 fully saturated rings. The molecule has 0 amide bonds. The molecule has 1 aromatic carbocycles. The molecule has 0 aliphatic heterocycles. The molecule has 0 saturated carbocycles. The molecule has 6 heteroatoms. The highest BCUT2D eigenvalue weighted by Crippen LogP contribution is 2.35. The lowest BCUT2D eigenvalue weighted by atomic mass is 9.93. The maximum atomic E-state index is 12.6. The summed E-state index contributed by atoms with van der Waals surface area (Å²) in [7, 11) is 0. The number of ketones is 1. The van der Waals surface area contributed by atoms with E-state index in [2.05, 4.69) is 10.9 Å². The molecule has 3 N–H and O–H groups in total. The number of Topliss-reactive ketones (excluding diaryl/α,β-unsaturated/α-hetero) is 1. The van der Waals surface area contributed by atoms with Crippen molar-refractivity contribution in [3.8, 4) is 12.3 Å². The predicted octanol–water partition coefficient (Wildman–Crippen LogP) is 3.26. The molecule has 29 heavy (non-hydrogen) atoms. The lowest BCUT2D eigenvalue weighted by molar-refractivity contribution is -0.113. The Kier molecular flexibility index (Phi) is 4.49. The first-order chi connectivity index (χ1) is 14.0. The first kappa shape index (κ1) is 18.3. The van der Waals surface area contributed by atoms with Gasteiger partial charge in [0.05, 0.1) is 0 Å². The fourth-order valence-electron chi connectivity index (χ4n) is 3.64. The van der Waals surface area contributed by atoms with Gasteiger partial charge in [0.1, 0.15) is 11.5 Å². The number of anilines is 1. The Morgan fingerprint density at radius 2 is 2.14 bits per heavy atom. The van der Waals surface area contributed by atoms with Gasteiger partial charge < -0.3 is 15.4 Å². The quantitative estimate of drug-likeness (QED) is 0.674. The van der Waals surface area contributed by atoms with Crippen LogP contribution in [0.5, 0.6) is 0 Å². The number of rotatable bonds is 4. The summed E-state index contributed by atoms with van der Waals surface area (Å²) in [5.41, 5.74) is 8.67. The average molecular weight is 383 g/mol. The van der Waals surface area contributed by atoms with Crippen LogP contribution in [0.2, 0.25) is 0 Å². The topological polar surface area (TPSA) is 98.2 Å². The summed E-state index contributed by atoms with van der Waals surface area (Å²) < 4.78 is 1.68. The van der Waals surface area contributed by atoms with Gasteiger partial charge in [-0.15, -0.1) is 6.42 Å². The zero-order valence-electron chi connectivity index (χ0n) is 15.4. The van der Waals surface area contributed by atoms with Crippen molar-refractivity contribution in [3.05, 3.63) is 77.1 Å². The number of carbonyl (C=O) groups excluding carboxylic acids is 1. The van der Waals surface area contributed by atoms with Crippen LogP contribution < -0.4 is 5.73 Å². The first-order valence-electron chi connectivity index (χ1n) is 8.96. The highest BCUT2D eigenvalue weighted by molar-refractivity contribution is 6.27. The Morgan fingerprint density at radius 3 is 2.83 bits per heavy atom. The van der Waals surface area contributed by atoms with Crippen molar-refractivity contribution in [2.24, 2.45) is 0 Å². The third-order valence-electron chi connectivity index (χ3n) is 4.89. The molecule has 1 aliphatic rings. The number of fused-ring (bicyclic) bond motifs is 1. The van der Waals surface area contributed by atoms with Crippen LogP contribution in [0.25, 0.3) is 16.5 Å². The van der Waals surface area contributed by atoms with E-state index in [-0.39, 0.29) is 24.4 Å². The Morgan fingerprint density at radius 1 is 1.31 bits per heavy atom. The fraction of sp³-hybridized carbons (Fsp3) is 0.0870. The number of benzene rings is 1. The molecule has 4 rings (SSSR count). The summed E-state index contributed by atoms with van der Waals surface area (Å²) in [5, 5.41) is 10.7. The zero-order valence-corrected chi connectivity index (χ0v) is 15.4. The molecule has 0 saturated heterocycles. The number of nitrogens with two attached hydrogens (primary N) is 1. The van der Waals surface area contributed by atoms with Gasteiger partial charge in [0, 0.05) is 46.8 Å². The van der Waals surface area contributed by atoms with Gasteiger partial charge in [0.15, 0.2) is 5.78 Å². The highest BCUT2D eigenvalue weighted by Gasteiger charge is 2.28. The molecule has 0 radical (unpaired) electrons. The SMILES string of the molecule is C#Cc1ccc2c(c1)c(C1=CC=CCC1=O)c(C(=O)O)n2Cc1ccnc(N)c1. The molecule has 0 bridgehead atoms. The maximum absolute atomic E-state index is 12.6. The van der Waals surface area contributed by atoms with Gasteiger partial charge in [-0.3, -0.25) is 4.79 Å². The van der Waals surface area contributed by atoms with Crippen LogP contribution in [0.3, 0.4) is 0 Å². The lowest BCUT2D eigenvalue weighted by Crippen LogP contribution is -2.13. The molecular weight excluding hydrogens is 366 g/mol. The molecule has 0 atom stereocenters. The highest BCUT2D eigenvalue weighted by atomic mass is 16.4. The number of carbonyl (C=O) groups is 2. The molecule has 2 heterocycles. The van der Waals surface area contributed by atoms with Crippen molar-refractivity contribution in [2.45, 2.75) is 13.0 Å². The summed E-state index contributed by atoms with van der Waals surface area (Å²) in [6, 6.07) is 8.76.